The Kier molecular flexibility index (Phi) is 5.63. The molecule has 2 atom stereocenters. The molecule has 0 saturated heterocycles. The highest BCUT2D eigenvalue weighted by Gasteiger charge is 2.20. The molecule has 4 nitrogen and oxygen atoms in total. The molecule has 0 rings (SSSR count). The van der Waals surface area contributed by atoms with Crippen LogP contribution >= 0.6 is 0 Å². The first-order chi connectivity index (χ1) is 6.28. The van der Waals surface area contributed by atoms with Crippen molar-refractivity contribution >= 4 is 9.84 Å². The lowest BCUT2D eigenvalue weighted by molar-refractivity contribution is 0.295. The second-order valence-corrected chi connectivity index (χ2v) is 6.55. The number of hydrogen-bond donors (Lipinski definition) is 2. The lowest BCUT2D eigenvalue weighted by atomic mass is 9.89. The van der Waals surface area contributed by atoms with E-state index in [1.54, 1.807) is 0 Å². The van der Waals surface area contributed by atoms with Crippen LogP contribution in [0.1, 0.15) is 27.2 Å². The molecule has 0 amide bonds. The molecule has 0 aliphatic carbocycles. The van der Waals surface area contributed by atoms with Gasteiger partial charge in [-0.1, -0.05) is 20.8 Å². The van der Waals surface area contributed by atoms with Crippen LogP contribution < -0.4 is 11.3 Å². The molecule has 5 heteroatoms. The van der Waals surface area contributed by atoms with Crippen LogP contribution in [0, 0.1) is 11.8 Å². The molecule has 0 aromatic carbocycles. The number of hydrogen-bond acceptors (Lipinski definition) is 4. The SMILES string of the molecule is CC(C)C(C)C(CCS(C)(=O)=O)NN. The summed E-state index contributed by atoms with van der Waals surface area (Å²) >= 11 is 0. The van der Waals surface area contributed by atoms with Gasteiger partial charge in [0.05, 0.1) is 5.75 Å². The molecule has 0 radical (unpaired) electrons. The summed E-state index contributed by atoms with van der Waals surface area (Å²) in [6.07, 6.45) is 1.83. The molecule has 0 aromatic rings. The van der Waals surface area contributed by atoms with Gasteiger partial charge in [-0.3, -0.25) is 11.3 Å². The highest BCUT2D eigenvalue weighted by atomic mass is 32.2. The minimum atomic E-state index is -2.88. The summed E-state index contributed by atoms with van der Waals surface area (Å²) < 4.78 is 22.0. The zero-order chi connectivity index (χ0) is 11.4. The van der Waals surface area contributed by atoms with Gasteiger partial charge >= 0.3 is 0 Å². The van der Waals surface area contributed by atoms with Crippen molar-refractivity contribution in [1.82, 2.24) is 5.43 Å². The number of sulfone groups is 1. The number of rotatable bonds is 6. The van der Waals surface area contributed by atoms with Gasteiger partial charge < -0.3 is 0 Å². The first-order valence-electron chi connectivity index (χ1n) is 4.91. The third-order valence-electron chi connectivity index (χ3n) is 2.70. The van der Waals surface area contributed by atoms with Gasteiger partial charge in [0.15, 0.2) is 0 Å². The summed E-state index contributed by atoms with van der Waals surface area (Å²) in [6, 6.07) is 0.0738. The van der Waals surface area contributed by atoms with Crippen LogP contribution in [-0.2, 0) is 9.84 Å². The largest absolute Gasteiger partial charge is 0.271 e. The van der Waals surface area contributed by atoms with E-state index < -0.39 is 9.84 Å². The average Bonchev–Trinajstić information content (AvgIpc) is 2.02. The smallest absolute Gasteiger partial charge is 0.147 e. The lowest BCUT2D eigenvalue weighted by Gasteiger charge is -2.25. The van der Waals surface area contributed by atoms with E-state index in [0.717, 1.165) is 0 Å². The molecule has 0 saturated carbocycles. The van der Waals surface area contributed by atoms with Gasteiger partial charge in [-0.2, -0.15) is 0 Å². The van der Waals surface area contributed by atoms with Crippen molar-refractivity contribution in [3.05, 3.63) is 0 Å². The van der Waals surface area contributed by atoms with Crippen molar-refractivity contribution in [1.29, 1.82) is 0 Å². The summed E-state index contributed by atoms with van der Waals surface area (Å²) in [4.78, 5) is 0. The summed E-state index contributed by atoms with van der Waals surface area (Å²) in [5.74, 6) is 6.46. The van der Waals surface area contributed by atoms with E-state index in [0.29, 0.717) is 18.3 Å². The van der Waals surface area contributed by atoms with Gasteiger partial charge in [-0.05, 0) is 18.3 Å². The molecule has 0 spiro atoms. The van der Waals surface area contributed by atoms with E-state index in [4.69, 9.17) is 5.84 Å². The molecule has 2 unspecified atom stereocenters. The molecular weight excluding hydrogens is 200 g/mol. The molecule has 86 valence electrons. The average molecular weight is 222 g/mol. The van der Waals surface area contributed by atoms with E-state index in [2.05, 4.69) is 26.2 Å². The Morgan fingerprint density at radius 1 is 1.29 bits per heavy atom. The van der Waals surface area contributed by atoms with Crippen LogP contribution in [0.25, 0.3) is 0 Å². The Bertz CT molecular complexity index is 250. The van der Waals surface area contributed by atoms with Gasteiger partial charge in [0, 0.05) is 12.3 Å². The Balaban J connectivity index is 4.17. The highest BCUT2D eigenvalue weighted by molar-refractivity contribution is 7.90. The minimum Gasteiger partial charge on any atom is -0.271 e. The summed E-state index contributed by atoms with van der Waals surface area (Å²) in [7, 11) is -2.88. The molecule has 0 heterocycles. The fourth-order valence-corrected chi connectivity index (χ4v) is 1.99. The fourth-order valence-electron chi connectivity index (χ4n) is 1.30. The first kappa shape index (κ1) is 13.9. The second-order valence-electron chi connectivity index (χ2n) is 4.29. The molecule has 3 N–H and O–H groups in total. The van der Waals surface area contributed by atoms with Crippen LogP contribution in [0.5, 0.6) is 0 Å². The van der Waals surface area contributed by atoms with E-state index in [-0.39, 0.29) is 11.8 Å². The third kappa shape index (κ3) is 5.57. The van der Waals surface area contributed by atoms with Crippen LogP contribution in [0.3, 0.4) is 0 Å². The van der Waals surface area contributed by atoms with Crippen LogP contribution in [0.15, 0.2) is 0 Å². The zero-order valence-corrected chi connectivity index (χ0v) is 10.3. The van der Waals surface area contributed by atoms with E-state index in [1.807, 2.05) is 0 Å². The van der Waals surface area contributed by atoms with Crippen molar-refractivity contribution in [3.63, 3.8) is 0 Å². The Morgan fingerprint density at radius 2 is 1.79 bits per heavy atom. The number of nitrogens with one attached hydrogen (secondary N) is 1. The van der Waals surface area contributed by atoms with Gasteiger partial charge in [0.25, 0.3) is 0 Å². The molecule has 0 aliphatic rings. The van der Waals surface area contributed by atoms with Gasteiger partial charge in [-0.15, -0.1) is 0 Å². The fraction of sp³-hybridized carbons (Fsp3) is 1.00. The maximum atomic E-state index is 11.0. The predicted octanol–water partition coefficient (Wildman–Crippen LogP) is 0.545. The first-order valence-corrected chi connectivity index (χ1v) is 6.98. The number of hydrazine groups is 1. The molecule has 0 bridgehead atoms. The standard InChI is InChI=1S/C9H22N2O2S/c1-7(2)8(3)9(11-10)5-6-14(4,12)13/h7-9,11H,5-6,10H2,1-4H3. The van der Waals surface area contributed by atoms with Crippen LogP contribution in [-0.4, -0.2) is 26.5 Å². The second kappa shape index (κ2) is 5.68. The van der Waals surface area contributed by atoms with Crippen LogP contribution in [0.2, 0.25) is 0 Å². The summed E-state index contributed by atoms with van der Waals surface area (Å²) in [6.45, 7) is 6.29. The Labute approximate surface area is 87.1 Å². The third-order valence-corrected chi connectivity index (χ3v) is 3.68. The molecule has 0 aromatic heterocycles. The van der Waals surface area contributed by atoms with Crippen molar-refractivity contribution in [3.8, 4) is 0 Å². The van der Waals surface area contributed by atoms with E-state index >= 15 is 0 Å². The lowest BCUT2D eigenvalue weighted by Crippen LogP contribution is -2.42. The van der Waals surface area contributed by atoms with Crippen molar-refractivity contribution < 1.29 is 8.42 Å². The maximum absolute atomic E-state index is 11.0. The molecule has 14 heavy (non-hydrogen) atoms. The van der Waals surface area contributed by atoms with Crippen molar-refractivity contribution in [2.24, 2.45) is 17.7 Å². The zero-order valence-electron chi connectivity index (χ0n) is 9.45. The topological polar surface area (TPSA) is 72.2 Å². The van der Waals surface area contributed by atoms with Crippen molar-refractivity contribution in [2.45, 2.75) is 33.2 Å². The van der Waals surface area contributed by atoms with Crippen molar-refractivity contribution in [2.75, 3.05) is 12.0 Å². The number of nitrogens with two attached hydrogens (primary N) is 1. The van der Waals surface area contributed by atoms with Gasteiger partial charge in [0.1, 0.15) is 9.84 Å². The van der Waals surface area contributed by atoms with E-state index in [9.17, 15) is 8.42 Å². The highest BCUT2D eigenvalue weighted by Crippen LogP contribution is 2.16. The predicted molar refractivity (Wildman–Crippen MR) is 59.4 cm³/mol. The van der Waals surface area contributed by atoms with Gasteiger partial charge in [-0.25, -0.2) is 8.42 Å². The monoisotopic (exact) mass is 222 g/mol. The molecular formula is C9H22N2O2S. The molecule has 0 aliphatic heterocycles. The quantitative estimate of drug-likeness (QED) is 0.508. The Morgan fingerprint density at radius 3 is 2.07 bits per heavy atom. The minimum absolute atomic E-state index is 0.0738. The molecule has 0 fully saturated rings. The normalized spacial score (nSPS) is 17.0. The summed E-state index contributed by atoms with van der Waals surface area (Å²) in [5.41, 5.74) is 2.69. The summed E-state index contributed by atoms with van der Waals surface area (Å²) in [5, 5.41) is 0. The van der Waals surface area contributed by atoms with Crippen LogP contribution in [0.4, 0.5) is 0 Å². The maximum Gasteiger partial charge on any atom is 0.147 e. The van der Waals surface area contributed by atoms with E-state index in [1.165, 1.54) is 6.26 Å². The van der Waals surface area contributed by atoms with Gasteiger partial charge in [0.2, 0.25) is 0 Å². The Hall–Kier alpha value is -0.130.